The highest BCUT2D eigenvalue weighted by molar-refractivity contribution is 6.17. The molecule has 15 heavy (non-hydrogen) atoms. The van der Waals surface area contributed by atoms with Gasteiger partial charge in [0.15, 0.2) is 0 Å². The summed E-state index contributed by atoms with van der Waals surface area (Å²) >= 11 is 5.67. The molecule has 1 amide bonds. The maximum atomic E-state index is 12.2. The standard InChI is InChI=1S/C12H22ClNO/c1-9(2)14(8-4-7-13)12(15)10(3)11-5-6-11/h9-11H,4-8H2,1-3H3. The van der Waals surface area contributed by atoms with Crippen molar-refractivity contribution in [3.63, 3.8) is 0 Å². The summed E-state index contributed by atoms with van der Waals surface area (Å²) < 4.78 is 0. The molecular formula is C12H22ClNO. The van der Waals surface area contributed by atoms with Crippen LogP contribution in [0.4, 0.5) is 0 Å². The summed E-state index contributed by atoms with van der Waals surface area (Å²) in [6.07, 6.45) is 3.35. The van der Waals surface area contributed by atoms with Gasteiger partial charge in [-0.2, -0.15) is 0 Å². The van der Waals surface area contributed by atoms with E-state index in [4.69, 9.17) is 11.6 Å². The highest BCUT2D eigenvalue weighted by atomic mass is 35.5. The molecule has 0 radical (unpaired) electrons. The molecule has 0 bridgehead atoms. The van der Waals surface area contributed by atoms with Crippen LogP contribution < -0.4 is 0 Å². The lowest BCUT2D eigenvalue weighted by atomic mass is 10.0. The second-order valence-corrected chi connectivity index (χ2v) is 5.17. The Morgan fingerprint density at radius 1 is 1.40 bits per heavy atom. The number of halogens is 1. The number of carbonyl (C=O) groups excluding carboxylic acids is 1. The van der Waals surface area contributed by atoms with Gasteiger partial charge in [0.05, 0.1) is 0 Å². The second-order valence-electron chi connectivity index (χ2n) is 4.79. The van der Waals surface area contributed by atoms with Gasteiger partial charge in [-0.3, -0.25) is 4.79 Å². The summed E-state index contributed by atoms with van der Waals surface area (Å²) in [6.45, 7) is 7.02. The summed E-state index contributed by atoms with van der Waals surface area (Å²) in [5, 5.41) is 0. The van der Waals surface area contributed by atoms with Gasteiger partial charge in [-0.15, -0.1) is 11.6 Å². The lowest BCUT2D eigenvalue weighted by molar-refractivity contribution is -0.137. The Kier molecular flexibility index (Phi) is 4.91. The Labute approximate surface area is 98.0 Å². The zero-order valence-electron chi connectivity index (χ0n) is 10.0. The van der Waals surface area contributed by atoms with Gasteiger partial charge in [-0.05, 0) is 39.0 Å². The molecule has 0 aromatic heterocycles. The molecule has 0 heterocycles. The van der Waals surface area contributed by atoms with Gasteiger partial charge < -0.3 is 4.90 Å². The molecule has 88 valence electrons. The highest BCUT2D eigenvalue weighted by Crippen LogP contribution is 2.37. The molecule has 1 fully saturated rings. The van der Waals surface area contributed by atoms with Crippen molar-refractivity contribution in [1.29, 1.82) is 0 Å². The van der Waals surface area contributed by atoms with Gasteiger partial charge in [-0.25, -0.2) is 0 Å². The van der Waals surface area contributed by atoms with Gasteiger partial charge in [0.2, 0.25) is 5.91 Å². The quantitative estimate of drug-likeness (QED) is 0.644. The predicted octanol–water partition coefficient (Wildman–Crippen LogP) is 2.90. The average molecular weight is 232 g/mol. The van der Waals surface area contributed by atoms with Crippen LogP contribution >= 0.6 is 11.6 Å². The molecule has 3 heteroatoms. The van der Waals surface area contributed by atoms with E-state index in [0.717, 1.165) is 13.0 Å². The lowest BCUT2D eigenvalue weighted by Gasteiger charge is -2.29. The summed E-state index contributed by atoms with van der Waals surface area (Å²) in [5.74, 6) is 1.81. The number of hydrogen-bond donors (Lipinski definition) is 0. The Balaban J connectivity index is 2.49. The van der Waals surface area contributed by atoms with Crippen LogP contribution in [0.25, 0.3) is 0 Å². The first-order valence-electron chi connectivity index (χ1n) is 5.94. The molecule has 1 rings (SSSR count). The van der Waals surface area contributed by atoms with Gasteiger partial charge in [-0.1, -0.05) is 6.92 Å². The maximum absolute atomic E-state index is 12.2. The van der Waals surface area contributed by atoms with E-state index < -0.39 is 0 Å². The minimum absolute atomic E-state index is 0.211. The minimum Gasteiger partial charge on any atom is -0.340 e. The number of rotatable bonds is 6. The average Bonchev–Trinajstić information content (AvgIpc) is 2.99. The van der Waals surface area contributed by atoms with Crippen molar-refractivity contribution in [3.05, 3.63) is 0 Å². The van der Waals surface area contributed by atoms with E-state index in [1.54, 1.807) is 0 Å². The fourth-order valence-corrected chi connectivity index (χ4v) is 2.03. The molecule has 2 nitrogen and oxygen atoms in total. The van der Waals surface area contributed by atoms with Gasteiger partial charge in [0.1, 0.15) is 0 Å². The van der Waals surface area contributed by atoms with E-state index in [1.807, 2.05) is 4.90 Å². The summed E-state index contributed by atoms with van der Waals surface area (Å²) in [6, 6.07) is 0.293. The molecule has 0 spiro atoms. The number of amides is 1. The van der Waals surface area contributed by atoms with E-state index >= 15 is 0 Å². The minimum atomic E-state index is 0.211. The molecule has 0 aromatic rings. The molecule has 1 aliphatic rings. The Morgan fingerprint density at radius 3 is 2.40 bits per heavy atom. The third kappa shape index (κ3) is 3.67. The molecule has 1 unspecified atom stereocenters. The largest absolute Gasteiger partial charge is 0.340 e. The third-order valence-corrected chi connectivity index (χ3v) is 3.42. The third-order valence-electron chi connectivity index (χ3n) is 3.16. The zero-order valence-corrected chi connectivity index (χ0v) is 10.8. The molecule has 0 saturated heterocycles. The first-order valence-corrected chi connectivity index (χ1v) is 6.47. The van der Waals surface area contributed by atoms with E-state index in [0.29, 0.717) is 23.7 Å². The number of alkyl halides is 1. The SMILES string of the molecule is CC(C(=O)N(CCCCl)C(C)C)C1CC1. The Bertz CT molecular complexity index is 214. The molecule has 0 aromatic carbocycles. The van der Waals surface area contributed by atoms with Crippen LogP contribution in [0.5, 0.6) is 0 Å². The predicted molar refractivity (Wildman–Crippen MR) is 64.1 cm³/mol. The van der Waals surface area contributed by atoms with Crippen molar-refractivity contribution in [1.82, 2.24) is 4.90 Å². The number of carbonyl (C=O) groups is 1. The van der Waals surface area contributed by atoms with Crippen molar-refractivity contribution in [2.24, 2.45) is 11.8 Å². The van der Waals surface area contributed by atoms with Crippen molar-refractivity contribution < 1.29 is 4.79 Å². The van der Waals surface area contributed by atoms with E-state index in [9.17, 15) is 4.79 Å². The van der Waals surface area contributed by atoms with Crippen LogP contribution in [-0.2, 0) is 4.79 Å². The van der Waals surface area contributed by atoms with Crippen LogP contribution in [0.15, 0.2) is 0 Å². The second kappa shape index (κ2) is 5.74. The normalized spacial score (nSPS) is 17.9. The van der Waals surface area contributed by atoms with Crippen LogP contribution in [0.1, 0.15) is 40.0 Å². The van der Waals surface area contributed by atoms with Crippen LogP contribution in [0.3, 0.4) is 0 Å². The Hall–Kier alpha value is -0.240. The van der Waals surface area contributed by atoms with E-state index in [1.165, 1.54) is 12.8 Å². The van der Waals surface area contributed by atoms with Crippen molar-refractivity contribution in [3.8, 4) is 0 Å². The van der Waals surface area contributed by atoms with Gasteiger partial charge in [0, 0.05) is 24.4 Å². The van der Waals surface area contributed by atoms with Gasteiger partial charge >= 0.3 is 0 Å². The number of hydrogen-bond acceptors (Lipinski definition) is 1. The summed E-state index contributed by atoms with van der Waals surface area (Å²) in [5.41, 5.74) is 0. The van der Waals surface area contributed by atoms with Crippen LogP contribution in [-0.4, -0.2) is 29.3 Å². The molecule has 0 N–H and O–H groups in total. The topological polar surface area (TPSA) is 20.3 Å². The summed E-state index contributed by atoms with van der Waals surface area (Å²) in [7, 11) is 0. The zero-order chi connectivity index (χ0) is 11.4. The van der Waals surface area contributed by atoms with Gasteiger partial charge in [0.25, 0.3) is 0 Å². The molecule has 1 atom stereocenters. The van der Waals surface area contributed by atoms with Crippen LogP contribution in [0, 0.1) is 11.8 Å². The molecule has 0 aliphatic heterocycles. The van der Waals surface area contributed by atoms with Crippen molar-refractivity contribution >= 4 is 17.5 Å². The number of nitrogens with zero attached hydrogens (tertiary/aromatic N) is 1. The van der Waals surface area contributed by atoms with E-state index in [2.05, 4.69) is 20.8 Å². The monoisotopic (exact) mass is 231 g/mol. The molecular weight excluding hydrogens is 210 g/mol. The highest BCUT2D eigenvalue weighted by Gasteiger charge is 2.35. The van der Waals surface area contributed by atoms with Crippen LogP contribution in [0.2, 0.25) is 0 Å². The first-order chi connectivity index (χ1) is 7.07. The smallest absolute Gasteiger partial charge is 0.225 e. The lowest BCUT2D eigenvalue weighted by Crippen LogP contribution is -2.41. The van der Waals surface area contributed by atoms with Crippen molar-refractivity contribution in [2.75, 3.05) is 12.4 Å². The van der Waals surface area contributed by atoms with E-state index in [-0.39, 0.29) is 5.92 Å². The first kappa shape index (κ1) is 12.8. The molecule has 1 aliphatic carbocycles. The maximum Gasteiger partial charge on any atom is 0.225 e. The van der Waals surface area contributed by atoms with Crippen molar-refractivity contribution in [2.45, 2.75) is 46.1 Å². The fourth-order valence-electron chi connectivity index (χ4n) is 1.91. The molecule has 1 saturated carbocycles. The summed E-state index contributed by atoms with van der Waals surface area (Å²) in [4.78, 5) is 14.1. The Morgan fingerprint density at radius 2 is 2.00 bits per heavy atom. The fraction of sp³-hybridized carbons (Fsp3) is 0.917.